The molecule has 8 rings (SSSR count). The highest BCUT2D eigenvalue weighted by atomic mass is 31.2. The number of unbranched alkanes of at least 4 members (excludes halogenated alkanes) is 1. The fraction of sp³-hybridized carbons (Fsp3) is 0.525. The zero-order valence-corrected chi connectivity index (χ0v) is 32.7. The van der Waals surface area contributed by atoms with Crippen LogP contribution in [-0.2, 0) is 47.8 Å². The number of benzene rings is 3. The van der Waals surface area contributed by atoms with Crippen molar-refractivity contribution in [3.05, 3.63) is 82.9 Å². The fourth-order valence-electron chi connectivity index (χ4n) is 8.22. The molecule has 1 saturated carbocycles. The molecule has 1 spiro atoms. The van der Waals surface area contributed by atoms with Crippen LogP contribution in [-0.4, -0.2) is 78.6 Å². The molecule has 2 saturated heterocycles. The minimum Gasteiger partial charge on any atom is -0.493 e. The Hall–Kier alpha value is -3.56. The second-order valence-corrected chi connectivity index (χ2v) is 16.4. The number of phosphoric acid groups is 1. The van der Waals surface area contributed by atoms with Crippen molar-refractivity contribution in [2.45, 2.75) is 121 Å². The van der Waals surface area contributed by atoms with E-state index in [0.29, 0.717) is 47.0 Å². The summed E-state index contributed by atoms with van der Waals surface area (Å²) in [6.07, 6.45) is -4.05. The predicted octanol–water partition coefficient (Wildman–Crippen LogP) is 7.12. The molecule has 3 aromatic carbocycles. The van der Waals surface area contributed by atoms with Crippen molar-refractivity contribution in [2.24, 2.45) is 0 Å². The third kappa shape index (κ3) is 6.96. The van der Waals surface area contributed by atoms with Crippen molar-refractivity contribution < 1.29 is 65.9 Å². The van der Waals surface area contributed by atoms with Gasteiger partial charge in [-0.25, -0.2) is 9.36 Å². The number of rotatable bonds is 12. The van der Waals surface area contributed by atoms with E-state index in [-0.39, 0.29) is 11.5 Å². The van der Waals surface area contributed by atoms with E-state index in [4.69, 9.17) is 51.7 Å². The zero-order chi connectivity index (χ0) is 38.9. The highest BCUT2D eigenvalue weighted by Crippen LogP contribution is 2.58. The Labute approximate surface area is 319 Å². The molecule has 0 radical (unpaired) electrons. The molecule has 3 fully saturated rings. The van der Waals surface area contributed by atoms with Gasteiger partial charge in [0.15, 0.2) is 23.5 Å². The Morgan fingerprint density at radius 1 is 0.800 bits per heavy atom. The van der Waals surface area contributed by atoms with Crippen LogP contribution in [0.4, 0.5) is 0 Å². The predicted molar refractivity (Wildman–Crippen MR) is 194 cm³/mol. The van der Waals surface area contributed by atoms with Gasteiger partial charge in [-0.3, -0.25) is 9.42 Å². The molecule has 5 aliphatic rings. The van der Waals surface area contributed by atoms with Crippen molar-refractivity contribution in [3.8, 4) is 23.0 Å². The number of hydrogen-bond acceptors (Lipinski definition) is 13. The standard InChI is InChI=1S/C40H47O14P/c1-8-10-19-45-23-15-17-27-29(20-23)47-30-21-24(16-18-28(30)40(27)26-14-12-11-13-25(26)37(41)52-40)53-55(42,43)54-36-34-32(48-38(4,5)50-34)31(46-22(3)44-9-2)33-35(36)51-39(6,7)49-33/h11-18,20-22,31-36H,8-10,19H2,1-7H3,(H,42,43)/t22?,31?,32-,33+,34-,35-,36?,40?/m1/s1. The quantitative estimate of drug-likeness (QED) is 0.0858. The number of phosphoric ester groups is 1. The molecule has 9 atom stereocenters. The maximum atomic E-state index is 14.0. The van der Waals surface area contributed by atoms with Crippen LogP contribution in [0.2, 0.25) is 0 Å². The molecule has 4 aliphatic heterocycles. The van der Waals surface area contributed by atoms with Crippen LogP contribution in [0.25, 0.3) is 0 Å². The van der Waals surface area contributed by atoms with Gasteiger partial charge in [-0.05, 0) is 78.3 Å². The summed E-state index contributed by atoms with van der Waals surface area (Å²) in [5.74, 6) is -1.50. The number of hydrogen-bond donors (Lipinski definition) is 1. The number of carbonyl (C=O) groups excluding carboxylic acids is 1. The second-order valence-electron chi connectivity index (χ2n) is 15.1. The highest BCUT2D eigenvalue weighted by Gasteiger charge is 2.66. The van der Waals surface area contributed by atoms with Gasteiger partial charge < -0.3 is 47.2 Å². The van der Waals surface area contributed by atoms with E-state index in [1.807, 2.05) is 31.2 Å². The van der Waals surface area contributed by atoms with E-state index in [1.165, 1.54) is 12.1 Å². The van der Waals surface area contributed by atoms with Crippen LogP contribution < -0.4 is 14.0 Å². The first-order valence-corrected chi connectivity index (χ1v) is 20.2. The lowest BCUT2D eigenvalue weighted by Gasteiger charge is -2.43. The molecule has 55 heavy (non-hydrogen) atoms. The average molecular weight is 783 g/mol. The smallest absolute Gasteiger partial charge is 0.493 e. The molecular weight excluding hydrogens is 735 g/mol. The molecule has 5 unspecified atom stereocenters. The van der Waals surface area contributed by atoms with E-state index in [2.05, 4.69) is 6.92 Å². The lowest BCUT2D eigenvalue weighted by atomic mass is 9.77. The molecule has 4 heterocycles. The molecule has 0 aromatic heterocycles. The third-order valence-corrected chi connectivity index (χ3v) is 11.2. The SMILES string of the molecule is CCCCOc1ccc2c(c1)Oc1cc(OP(=O)(O)OC3[C@@H]4OC(C)(C)O[C@@H]4C(OC(C)OCC)[C@@H]4OC(C)(C)O[C@@H]34)ccc1C21OC(=O)c2ccccc21. The average Bonchev–Trinajstić information content (AvgIpc) is 3.73. The van der Waals surface area contributed by atoms with Gasteiger partial charge in [0.05, 0.1) is 12.2 Å². The van der Waals surface area contributed by atoms with Crippen LogP contribution in [0.3, 0.4) is 0 Å². The summed E-state index contributed by atoms with van der Waals surface area (Å²) in [6.45, 7) is 13.6. The largest absolute Gasteiger partial charge is 0.527 e. The minimum absolute atomic E-state index is 0.0420. The number of fused-ring (bicyclic) bond motifs is 8. The molecule has 296 valence electrons. The van der Waals surface area contributed by atoms with Gasteiger partial charge in [0.25, 0.3) is 0 Å². The lowest BCUT2D eigenvalue weighted by Crippen LogP contribution is -2.63. The van der Waals surface area contributed by atoms with Gasteiger partial charge in [0.1, 0.15) is 59.6 Å². The Morgan fingerprint density at radius 2 is 1.38 bits per heavy atom. The number of carbonyl (C=O) groups is 1. The molecular formula is C40H47O14P. The van der Waals surface area contributed by atoms with E-state index < -0.39 is 73.9 Å². The molecule has 0 bridgehead atoms. The zero-order valence-electron chi connectivity index (χ0n) is 31.8. The highest BCUT2D eigenvalue weighted by molar-refractivity contribution is 7.47. The first kappa shape index (κ1) is 38.3. The summed E-state index contributed by atoms with van der Waals surface area (Å²) >= 11 is 0. The molecule has 15 heteroatoms. The number of ether oxygens (including phenoxy) is 9. The van der Waals surface area contributed by atoms with Crippen molar-refractivity contribution in [2.75, 3.05) is 13.2 Å². The van der Waals surface area contributed by atoms with Crippen molar-refractivity contribution in [1.29, 1.82) is 0 Å². The van der Waals surface area contributed by atoms with Gasteiger partial charge >= 0.3 is 13.8 Å². The van der Waals surface area contributed by atoms with E-state index in [0.717, 1.165) is 12.8 Å². The van der Waals surface area contributed by atoms with Gasteiger partial charge in [0.2, 0.25) is 0 Å². The Kier molecular flexibility index (Phi) is 9.84. The summed E-state index contributed by atoms with van der Waals surface area (Å²) in [5.41, 5.74) is 0.804. The maximum absolute atomic E-state index is 14.0. The van der Waals surface area contributed by atoms with Crippen LogP contribution in [0.15, 0.2) is 60.7 Å². The summed E-state index contributed by atoms with van der Waals surface area (Å²) < 4.78 is 81.5. The normalized spacial score (nSPS) is 30.9. The van der Waals surface area contributed by atoms with Gasteiger partial charge in [0, 0.05) is 35.4 Å². The lowest BCUT2D eigenvalue weighted by molar-refractivity contribution is -0.239. The second kappa shape index (κ2) is 14.1. The number of esters is 1. The molecule has 1 N–H and O–H groups in total. The van der Waals surface area contributed by atoms with Crippen LogP contribution >= 0.6 is 7.82 Å². The Morgan fingerprint density at radius 3 is 2.00 bits per heavy atom. The van der Waals surface area contributed by atoms with E-state index in [1.54, 1.807) is 58.9 Å². The van der Waals surface area contributed by atoms with Crippen molar-refractivity contribution in [3.63, 3.8) is 0 Å². The topological polar surface area (TPSA) is 156 Å². The van der Waals surface area contributed by atoms with Gasteiger partial charge in [-0.1, -0.05) is 31.5 Å². The fourth-order valence-corrected chi connectivity index (χ4v) is 9.19. The summed E-state index contributed by atoms with van der Waals surface area (Å²) in [4.78, 5) is 24.7. The Bertz CT molecular complexity index is 1970. The van der Waals surface area contributed by atoms with Gasteiger partial charge in [-0.2, -0.15) is 0 Å². The van der Waals surface area contributed by atoms with Crippen LogP contribution in [0.5, 0.6) is 23.0 Å². The summed E-state index contributed by atoms with van der Waals surface area (Å²) in [6, 6.07) is 17.2. The van der Waals surface area contributed by atoms with Crippen molar-refractivity contribution >= 4 is 13.8 Å². The first-order chi connectivity index (χ1) is 26.1. The van der Waals surface area contributed by atoms with Crippen LogP contribution in [0, 0.1) is 0 Å². The van der Waals surface area contributed by atoms with Crippen molar-refractivity contribution in [1.82, 2.24) is 0 Å². The molecule has 14 nitrogen and oxygen atoms in total. The third-order valence-electron chi connectivity index (χ3n) is 10.3. The minimum atomic E-state index is -4.94. The maximum Gasteiger partial charge on any atom is 0.527 e. The van der Waals surface area contributed by atoms with E-state index in [9.17, 15) is 14.3 Å². The molecule has 3 aromatic rings. The molecule has 0 amide bonds. The van der Waals surface area contributed by atoms with Crippen LogP contribution in [0.1, 0.15) is 88.4 Å². The summed E-state index contributed by atoms with van der Waals surface area (Å²) in [5, 5.41) is 0. The Balaban J connectivity index is 1.11. The van der Waals surface area contributed by atoms with Gasteiger partial charge in [-0.15, -0.1) is 0 Å². The van der Waals surface area contributed by atoms with E-state index >= 15 is 0 Å². The summed E-state index contributed by atoms with van der Waals surface area (Å²) in [7, 11) is -4.94. The monoisotopic (exact) mass is 782 g/mol. The first-order valence-electron chi connectivity index (χ1n) is 18.8. The molecule has 1 aliphatic carbocycles.